The lowest BCUT2D eigenvalue weighted by Crippen LogP contribution is -2.30. The van der Waals surface area contributed by atoms with Gasteiger partial charge in [-0.15, -0.1) is 0 Å². The normalized spacial score (nSPS) is 10.0. The van der Waals surface area contributed by atoms with Crippen molar-refractivity contribution in [3.8, 4) is 6.07 Å². The Morgan fingerprint density at radius 1 is 1.41 bits per heavy atom. The summed E-state index contributed by atoms with van der Waals surface area (Å²) in [5.41, 5.74) is 1.31. The zero-order valence-electron chi connectivity index (χ0n) is 10.2. The molecule has 1 N–H and O–H groups in total. The molecule has 0 aliphatic heterocycles. The van der Waals surface area contributed by atoms with E-state index in [0.717, 1.165) is 18.7 Å². The molecule has 1 aromatic rings. The fraction of sp³-hybridized carbons (Fsp3) is 0.385. The fourth-order valence-electron chi connectivity index (χ4n) is 1.53. The number of amides is 1. The molecule has 0 aromatic heterocycles. The molecule has 0 fully saturated rings. The Morgan fingerprint density at radius 2 is 2.06 bits per heavy atom. The number of nitrogens with zero attached hydrogens (tertiary/aromatic N) is 2. The van der Waals surface area contributed by atoms with Gasteiger partial charge in [-0.1, -0.05) is 6.92 Å². The van der Waals surface area contributed by atoms with Crippen LogP contribution in [0.1, 0.15) is 18.9 Å². The molecular formula is C13H17N3O. The van der Waals surface area contributed by atoms with Crippen molar-refractivity contribution in [2.24, 2.45) is 0 Å². The van der Waals surface area contributed by atoms with Gasteiger partial charge in [0, 0.05) is 5.69 Å². The van der Waals surface area contributed by atoms with E-state index in [1.54, 1.807) is 24.3 Å². The molecule has 4 nitrogen and oxygen atoms in total. The Balaban J connectivity index is 2.48. The van der Waals surface area contributed by atoms with Gasteiger partial charge in [-0.3, -0.25) is 9.69 Å². The molecule has 0 saturated carbocycles. The molecule has 0 aliphatic carbocycles. The first-order valence-corrected chi connectivity index (χ1v) is 5.64. The van der Waals surface area contributed by atoms with Crippen LogP contribution in [0.15, 0.2) is 24.3 Å². The number of nitriles is 1. The van der Waals surface area contributed by atoms with Crippen LogP contribution in [-0.4, -0.2) is 30.9 Å². The number of carbonyl (C=O) groups excluding carboxylic acids is 1. The third kappa shape index (κ3) is 4.66. The molecule has 4 heteroatoms. The van der Waals surface area contributed by atoms with E-state index in [2.05, 4.69) is 12.2 Å². The maximum Gasteiger partial charge on any atom is 0.238 e. The molecule has 0 unspecified atom stereocenters. The lowest BCUT2D eigenvalue weighted by atomic mass is 10.2. The van der Waals surface area contributed by atoms with Crippen LogP contribution < -0.4 is 5.32 Å². The standard InChI is InChI=1S/C13H17N3O/c1-3-8-16(2)10-13(17)15-12-6-4-11(9-14)5-7-12/h4-7H,3,8,10H2,1-2H3,(H,15,17). The molecule has 1 aromatic carbocycles. The van der Waals surface area contributed by atoms with Crippen LogP contribution >= 0.6 is 0 Å². The monoisotopic (exact) mass is 231 g/mol. The van der Waals surface area contributed by atoms with Crippen molar-refractivity contribution in [2.75, 3.05) is 25.5 Å². The van der Waals surface area contributed by atoms with Gasteiger partial charge in [0.05, 0.1) is 18.2 Å². The smallest absolute Gasteiger partial charge is 0.238 e. The summed E-state index contributed by atoms with van der Waals surface area (Å²) < 4.78 is 0. The van der Waals surface area contributed by atoms with Gasteiger partial charge in [-0.05, 0) is 44.3 Å². The summed E-state index contributed by atoms with van der Waals surface area (Å²) in [5, 5.41) is 11.4. The largest absolute Gasteiger partial charge is 0.325 e. The van der Waals surface area contributed by atoms with Crippen molar-refractivity contribution in [3.63, 3.8) is 0 Å². The van der Waals surface area contributed by atoms with Crippen molar-refractivity contribution in [2.45, 2.75) is 13.3 Å². The number of hydrogen-bond donors (Lipinski definition) is 1. The van der Waals surface area contributed by atoms with Crippen LogP contribution in [0, 0.1) is 11.3 Å². The highest BCUT2D eigenvalue weighted by Gasteiger charge is 2.05. The van der Waals surface area contributed by atoms with Crippen molar-refractivity contribution in [1.82, 2.24) is 4.90 Å². The topological polar surface area (TPSA) is 56.1 Å². The number of benzene rings is 1. The molecule has 0 heterocycles. The van der Waals surface area contributed by atoms with Gasteiger partial charge in [0.15, 0.2) is 0 Å². The van der Waals surface area contributed by atoms with E-state index in [-0.39, 0.29) is 5.91 Å². The van der Waals surface area contributed by atoms with E-state index >= 15 is 0 Å². The fourth-order valence-corrected chi connectivity index (χ4v) is 1.53. The van der Waals surface area contributed by atoms with Crippen molar-refractivity contribution >= 4 is 11.6 Å². The third-order valence-corrected chi connectivity index (χ3v) is 2.32. The van der Waals surface area contributed by atoms with Crippen LogP contribution in [0.3, 0.4) is 0 Å². The number of hydrogen-bond acceptors (Lipinski definition) is 3. The van der Waals surface area contributed by atoms with E-state index in [4.69, 9.17) is 5.26 Å². The Labute approximate surface area is 102 Å². The first-order valence-electron chi connectivity index (χ1n) is 5.64. The quantitative estimate of drug-likeness (QED) is 0.841. The lowest BCUT2D eigenvalue weighted by molar-refractivity contribution is -0.117. The molecular weight excluding hydrogens is 214 g/mol. The molecule has 0 aliphatic rings. The Morgan fingerprint density at radius 3 is 2.59 bits per heavy atom. The predicted molar refractivity (Wildman–Crippen MR) is 67.6 cm³/mol. The van der Waals surface area contributed by atoms with E-state index in [0.29, 0.717) is 12.1 Å². The molecule has 17 heavy (non-hydrogen) atoms. The maximum atomic E-state index is 11.6. The molecule has 1 rings (SSSR count). The SMILES string of the molecule is CCCN(C)CC(=O)Nc1ccc(C#N)cc1. The number of likely N-dealkylation sites (N-methyl/N-ethyl adjacent to an activating group) is 1. The van der Waals surface area contributed by atoms with Gasteiger partial charge >= 0.3 is 0 Å². The van der Waals surface area contributed by atoms with Crippen LogP contribution in [0.2, 0.25) is 0 Å². The summed E-state index contributed by atoms with van der Waals surface area (Å²) in [6.45, 7) is 3.36. The predicted octanol–water partition coefficient (Wildman–Crippen LogP) is 1.84. The van der Waals surface area contributed by atoms with Gasteiger partial charge in [0.1, 0.15) is 0 Å². The summed E-state index contributed by atoms with van der Waals surface area (Å²) in [7, 11) is 1.92. The Kier molecular flexibility index (Phi) is 5.18. The summed E-state index contributed by atoms with van der Waals surface area (Å²) in [6, 6.07) is 8.87. The van der Waals surface area contributed by atoms with E-state index in [9.17, 15) is 4.79 Å². The molecule has 0 atom stereocenters. The number of carbonyl (C=O) groups is 1. The molecule has 0 bridgehead atoms. The summed E-state index contributed by atoms with van der Waals surface area (Å²) in [5.74, 6) is -0.0364. The minimum absolute atomic E-state index is 0.0364. The summed E-state index contributed by atoms with van der Waals surface area (Å²) >= 11 is 0. The average Bonchev–Trinajstić information content (AvgIpc) is 2.30. The Bertz CT molecular complexity index is 406. The zero-order valence-corrected chi connectivity index (χ0v) is 10.2. The molecule has 0 spiro atoms. The molecule has 0 radical (unpaired) electrons. The molecule has 1 amide bonds. The number of nitrogens with one attached hydrogen (secondary N) is 1. The molecule has 90 valence electrons. The van der Waals surface area contributed by atoms with Gasteiger partial charge in [-0.25, -0.2) is 0 Å². The van der Waals surface area contributed by atoms with Crippen molar-refractivity contribution < 1.29 is 4.79 Å². The van der Waals surface area contributed by atoms with Gasteiger partial charge < -0.3 is 5.32 Å². The first kappa shape index (κ1) is 13.2. The van der Waals surface area contributed by atoms with Crippen molar-refractivity contribution in [3.05, 3.63) is 29.8 Å². The second kappa shape index (κ2) is 6.66. The lowest BCUT2D eigenvalue weighted by Gasteiger charge is -2.14. The van der Waals surface area contributed by atoms with Gasteiger partial charge in [0.25, 0.3) is 0 Å². The highest BCUT2D eigenvalue weighted by Crippen LogP contribution is 2.08. The van der Waals surface area contributed by atoms with Crippen LogP contribution in [-0.2, 0) is 4.79 Å². The third-order valence-electron chi connectivity index (χ3n) is 2.32. The van der Waals surface area contributed by atoms with E-state index < -0.39 is 0 Å². The van der Waals surface area contributed by atoms with Gasteiger partial charge in [0.2, 0.25) is 5.91 Å². The summed E-state index contributed by atoms with van der Waals surface area (Å²) in [6.07, 6.45) is 1.03. The number of rotatable bonds is 5. The number of anilines is 1. The van der Waals surface area contributed by atoms with Gasteiger partial charge in [-0.2, -0.15) is 5.26 Å². The zero-order chi connectivity index (χ0) is 12.7. The van der Waals surface area contributed by atoms with E-state index in [1.165, 1.54) is 0 Å². The minimum atomic E-state index is -0.0364. The van der Waals surface area contributed by atoms with Crippen LogP contribution in [0.4, 0.5) is 5.69 Å². The highest BCUT2D eigenvalue weighted by molar-refractivity contribution is 5.92. The van der Waals surface area contributed by atoms with E-state index in [1.807, 2.05) is 18.0 Å². The second-order valence-electron chi connectivity index (χ2n) is 3.98. The highest BCUT2D eigenvalue weighted by atomic mass is 16.2. The minimum Gasteiger partial charge on any atom is -0.325 e. The second-order valence-corrected chi connectivity index (χ2v) is 3.98. The Hall–Kier alpha value is -1.86. The molecule has 0 saturated heterocycles. The van der Waals surface area contributed by atoms with Crippen LogP contribution in [0.25, 0.3) is 0 Å². The van der Waals surface area contributed by atoms with Crippen LogP contribution in [0.5, 0.6) is 0 Å². The first-order chi connectivity index (χ1) is 8.15. The average molecular weight is 231 g/mol. The van der Waals surface area contributed by atoms with Crippen molar-refractivity contribution in [1.29, 1.82) is 5.26 Å². The summed E-state index contributed by atoms with van der Waals surface area (Å²) in [4.78, 5) is 13.6. The maximum absolute atomic E-state index is 11.6.